The van der Waals surface area contributed by atoms with Crippen LogP contribution in [-0.4, -0.2) is 22.5 Å². The molecule has 122 valence electrons. The number of thiazole rings is 1. The highest BCUT2D eigenvalue weighted by Gasteiger charge is 2.11. The molecule has 1 amide bonds. The summed E-state index contributed by atoms with van der Waals surface area (Å²) in [5.74, 6) is -0.194. The van der Waals surface area contributed by atoms with E-state index in [4.69, 9.17) is 4.74 Å². The summed E-state index contributed by atoms with van der Waals surface area (Å²) < 4.78 is 18.2. The molecule has 24 heavy (non-hydrogen) atoms. The van der Waals surface area contributed by atoms with Crippen molar-refractivity contribution in [1.29, 1.82) is 0 Å². The predicted molar refractivity (Wildman–Crippen MR) is 90.9 cm³/mol. The lowest BCUT2D eigenvalue weighted by atomic mass is 10.2. The molecule has 0 aliphatic heterocycles. The second-order valence-electron chi connectivity index (χ2n) is 4.81. The predicted octanol–water partition coefficient (Wildman–Crippen LogP) is 4.00. The van der Waals surface area contributed by atoms with Crippen molar-refractivity contribution in [2.45, 2.75) is 6.92 Å². The van der Waals surface area contributed by atoms with Gasteiger partial charge in [-0.25, -0.2) is 14.4 Å². The first-order valence-corrected chi connectivity index (χ1v) is 8.15. The van der Waals surface area contributed by atoms with E-state index in [0.29, 0.717) is 28.9 Å². The number of ether oxygens (including phenoxy) is 1. The zero-order valence-corrected chi connectivity index (χ0v) is 13.6. The van der Waals surface area contributed by atoms with Gasteiger partial charge in [0.05, 0.1) is 12.3 Å². The molecule has 7 heteroatoms. The average Bonchev–Trinajstić information content (AvgIpc) is 3.04. The molecule has 2 heterocycles. The Morgan fingerprint density at radius 2 is 2.08 bits per heavy atom. The van der Waals surface area contributed by atoms with E-state index in [1.165, 1.54) is 29.7 Å². The molecule has 0 saturated carbocycles. The Morgan fingerprint density at radius 3 is 2.83 bits per heavy atom. The maximum atomic E-state index is 13.0. The van der Waals surface area contributed by atoms with Gasteiger partial charge in [0.15, 0.2) is 5.13 Å². The molecule has 2 aromatic heterocycles. The first-order chi connectivity index (χ1) is 11.7. The lowest BCUT2D eigenvalue weighted by molar-refractivity contribution is 0.102. The SMILES string of the molecule is CCOc1cc(C(=O)Nc2nc(-c3ccc(F)cc3)cs2)ccn1. The molecule has 0 aliphatic carbocycles. The molecule has 0 unspecified atom stereocenters. The molecule has 1 aromatic carbocycles. The van der Waals surface area contributed by atoms with Gasteiger partial charge in [-0.1, -0.05) is 0 Å². The van der Waals surface area contributed by atoms with E-state index >= 15 is 0 Å². The first kappa shape index (κ1) is 16.1. The van der Waals surface area contributed by atoms with Gasteiger partial charge >= 0.3 is 0 Å². The summed E-state index contributed by atoms with van der Waals surface area (Å²) in [6, 6.07) is 9.22. The number of carbonyl (C=O) groups excluding carboxylic acids is 1. The molecular formula is C17H14FN3O2S. The van der Waals surface area contributed by atoms with Crippen LogP contribution in [0.4, 0.5) is 9.52 Å². The Hall–Kier alpha value is -2.80. The molecule has 0 fully saturated rings. The molecule has 0 bridgehead atoms. The van der Waals surface area contributed by atoms with Gasteiger partial charge < -0.3 is 4.74 Å². The summed E-state index contributed by atoms with van der Waals surface area (Å²) in [5.41, 5.74) is 1.91. The van der Waals surface area contributed by atoms with Gasteiger partial charge in [0.1, 0.15) is 5.82 Å². The molecule has 0 saturated heterocycles. The minimum Gasteiger partial charge on any atom is -0.478 e. The molecule has 1 N–H and O–H groups in total. The number of halogens is 1. The Kier molecular flexibility index (Phi) is 4.81. The van der Waals surface area contributed by atoms with Crippen molar-refractivity contribution in [3.8, 4) is 17.1 Å². The van der Waals surface area contributed by atoms with Crippen LogP contribution in [0.25, 0.3) is 11.3 Å². The fourth-order valence-electron chi connectivity index (χ4n) is 2.03. The van der Waals surface area contributed by atoms with Crippen LogP contribution in [0.5, 0.6) is 5.88 Å². The second-order valence-corrected chi connectivity index (χ2v) is 5.67. The maximum Gasteiger partial charge on any atom is 0.257 e. The Labute approximate surface area is 142 Å². The quantitative estimate of drug-likeness (QED) is 0.761. The number of hydrogen-bond donors (Lipinski definition) is 1. The molecule has 5 nitrogen and oxygen atoms in total. The average molecular weight is 343 g/mol. The van der Waals surface area contributed by atoms with Crippen LogP contribution in [0.3, 0.4) is 0 Å². The van der Waals surface area contributed by atoms with E-state index < -0.39 is 0 Å². The zero-order valence-electron chi connectivity index (χ0n) is 12.8. The number of hydrogen-bond acceptors (Lipinski definition) is 5. The van der Waals surface area contributed by atoms with Crippen LogP contribution < -0.4 is 10.1 Å². The van der Waals surface area contributed by atoms with E-state index in [-0.39, 0.29) is 11.7 Å². The number of benzene rings is 1. The number of nitrogens with one attached hydrogen (secondary N) is 1. The molecule has 0 spiro atoms. The Balaban J connectivity index is 1.73. The molecule has 0 aliphatic rings. The monoisotopic (exact) mass is 343 g/mol. The lowest BCUT2D eigenvalue weighted by Crippen LogP contribution is -2.12. The van der Waals surface area contributed by atoms with Crippen LogP contribution in [0.2, 0.25) is 0 Å². The van der Waals surface area contributed by atoms with Gasteiger partial charge in [-0.2, -0.15) is 0 Å². The van der Waals surface area contributed by atoms with Crippen molar-refractivity contribution in [2.75, 3.05) is 11.9 Å². The number of anilines is 1. The number of nitrogens with zero attached hydrogens (tertiary/aromatic N) is 2. The topological polar surface area (TPSA) is 64.1 Å². The van der Waals surface area contributed by atoms with E-state index in [0.717, 1.165) is 5.56 Å². The van der Waals surface area contributed by atoms with Crippen molar-refractivity contribution < 1.29 is 13.9 Å². The zero-order chi connectivity index (χ0) is 16.9. The summed E-state index contributed by atoms with van der Waals surface area (Å²) >= 11 is 1.30. The smallest absolute Gasteiger partial charge is 0.257 e. The molecule has 0 radical (unpaired) electrons. The van der Waals surface area contributed by atoms with E-state index in [9.17, 15) is 9.18 Å². The van der Waals surface area contributed by atoms with Gasteiger partial charge in [0.25, 0.3) is 5.91 Å². The molecule has 3 rings (SSSR count). The maximum absolute atomic E-state index is 13.0. The van der Waals surface area contributed by atoms with Crippen molar-refractivity contribution in [3.05, 3.63) is 59.4 Å². The van der Waals surface area contributed by atoms with Gasteiger partial charge in [-0.15, -0.1) is 11.3 Å². The highest BCUT2D eigenvalue weighted by atomic mass is 32.1. The number of aromatic nitrogens is 2. The molecular weight excluding hydrogens is 329 g/mol. The van der Waals surface area contributed by atoms with Crippen LogP contribution in [-0.2, 0) is 0 Å². The summed E-state index contributed by atoms with van der Waals surface area (Å²) in [6.45, 7) is 2.33. The van der Waals surface area contributed by atoms with E-state index in [1.807, 2.05) is 6.92 Å². The lowest BCUT2D eigenvalue weighted by Gasteiger charge is -2.04. The largest absolute Gasteiger partial charge is 0.478 e. The van der Waals surface area contributed by atoms with Gasteiger partial charge in [-0.05, 0) is 37.3 Å². The Bertz CT molecular complexity index is 849. The fourth-order valence-corrected chi connectivity index (χ4v) is 2.75. The van der Waals surface area contributed by atoms with Crippen molar-refractivity contribution >= 4 is 22.4 Å². The normalized spacial score (nSPS) is 10.4. The summed E-state index contributed by atoms with van der Waals surface area (Å²) in [6.07, 6.45) is 1.52. The minimum atomic E-state index is -0.301. The highest BCUT2D eigenvalue weighted by Crippen LogP contribution is 2.25. The summed E-state index contributed by atoms with van der Waals surface area (Å²) in [7, 11) is 0. The minimum absolute atomic E-state index is 0.293. The van der Waals surface area contributed by atoms with Crippen molar-refractivity contribution in [3.63, 3.8) is 0 Å². The van der Waals surface area contributed by atoms with Gasteiger partial charge in [-0.3, -0.25) is 10.1 Å². The summed E-state index contributed by atoms with van der Waals surface area (Å²) in [4.78, 5) is 20.7. The van der Waals surface area contributed by atoms with Gasteiger partial charge in [0, 0.05) is 28.8 Å². The van der Waals surface area contributed by atoms with Crippen LogP contribution >= 0.6 is 11.3 Å². The van der Waals surface area contributed by atoms with Crippen LogP contribution in [0.1, 0.15) is 17.3 Å². The number of carbonyl (C=O) groups is 1. The third-order valence-corrected chi connectivity index (χ3v) is 3.91. The number of pyridine rings is 1. The number of amides is 1. The third-order valence-electron chi connectivity index (χ3n) is 3.15. The standard InChI is InChI=1S/C17H14FN3O2S/c1-2-23-15-9-12(7-8-19-15)16(22)21-17-20-14(10-24-17)11-3-5-13(18)6-4-11/h3-10H,2H2,1H3,(H,20,21,22). The number of rotatable bonds is 5. The van der Waals surface area contributed by atoms with E-state index in [1.54, 1.807) is 29.6 Å². The van der Waals surface area contributed by atoms with E-state index in [2.05, 4.69) is 15.3 Å². The van der Waals surface area contributed by atoms with Crippen LogP contribution in [0.15, 0.2) is 48.0 Å². The van der Waals surface area contributed by atoms with Crippen molar-refractivity contribution in [1.82, 2.24) is 9.97 Å². The fraction of sp³-hybridized carbons (Fsp3) is 0.118. The van der Waals surface area contributed by atoms with Crippen LogP contribution in [0, 0.1) is 5.82 Å². The molecule has 0 atom stereocenters. The third kappa shape index (κ3) is 3.75. The Morgan fingerprint density at radius 1 is 1.29 bits per heavy atom. The molecule has 3 aromatic rings. The van der Waals surface area contributed by atoms with Gasteiger partial charge in [0.2, 0.25) is 5.88 Å². The van der Waals surface area contributed by atoms with Crippen molar-refractivity contribution in [2.24, 2.45) is 0 Å². The second kappa shape index (κ2) is 7.18. The highest BCUT2D eigenvalue weighted by molar-refractivity contribution is 7.14. The first-order valence-electron chi connectivity index (χ1n) is 7.27. The summed E-state index contributed by atoms with van der Waals surface area (Å²) in [5, 5.41) is 5.01.